The highest BCUT2D eigenvalue weighted by Gasteiger charge is 2.21. The molecule has 1 aromatic heterocycles. The molecule has 122 valence electrons. The van der Waals surface area contributed by atoms with Gasteiger partial charge in [0.25, 0.3) is 5.91 Å². The summed E-state index contributed by atoms with van der Waals surface area (Å²) in [7, 11) is 0. The molecule has 2 rings (SSSR count). The first-order valence-corrected chi connectivity index (χ1v) is 7.35. The van der Waals surface area contributed by atoms with Crippen molar-refractivity contribution in [3.8, 4) is 0 Å². The maximum atomic E-state index is 12.0. The van der Waals surface area contributed by atoms with Crippen molar-refractivity contribution in [3.63, 3.8) is 0 Å². The van der Waals surface area contributed by atoms with Gasteiger partial charge in [0.2, 0.25) is 0 Å². The number of benzene rings is 1. The van der Waals surface area contributed by atoms with E-state index in [1.807, 2.05) is 20.8 Å². The number of rotatable bonds is 5. The number of carboxylic acid groups (broad SMARTS) is 1. The third-order valence-electron chi connectivity index (χ3n) is 3.38. The van der Waals surface area contributed by atoms with Crippen LogP contribution in [0.5, 0.6) is 0 Å². The summed E-state index contributed by atoms with van der Waals surface area (Å²) in [6.45, 7) is 6.38. The van der Waals surface area contributed by atoms with Crippen molar-refractivity contribution in [2.24, 2.45) is 0 Å². The number of aromatic carboxylic acids is 1. The van der Waals surface area contributed by atoms with Gasteiger partial charge in [0.15, 0.2) is 5.69 Å². The average molecular weight is 316 g/mol. The van der Waals surface area contributed by atoms with Gasteiger partial charge in [-0.2, -0.15) is 0 Å². The normalized spacial score (nSPS) is 11.3. The monoisotopic (exact) mass is 316 g/mol. The lowest BCUT2D eigenvalue weighted by Crippen LogP contribution is -2.26. The van der Waals surface area contributed by atoms with E-state index in [1.54, 1.807) is 30.3 Å². The van der Waals surface area contributed by atoms with Crippen molar-refractivity contribution in [3.05, 3.63) is 52.9 Å². The van der Waals surface area contributed by atoms with E-state index in [1.165, 1.54) is 0 Å². The van der Waals surface area contributed by atoms with Crippen LogP contribution in [-0.2, 0) is 11.8 Å². The third kappa shape index (κ3) is 4.42. The lowest BCUT2D eigenvalue weighted by molar-refractivity contribution is 0.0696. The summed E-state index contributed by atoms with van der Waals surface area (Å²) >= 11 is 0. The van der Waals surface area contributed by atoms with Crippen molar-refractivity contribution in [1.82, 2.24) is 10.5 Å². The molecule has 0 saturated heterocycles. The van der Waals surface area contributed by atoms with E-state index < -0.39 is 5.97 Å². The van der Waals surface area contributed by atoms with Crippen LogP contribution in [0.2, 0.25) is 0 Å². The second-order valence-electron chi connectivity index (χ2n) is 6.33. The van der Waals surface area contributed by atoms with Crippen LogP contribution < -0.4 is 5.32 Å². The molecule has 1 amide bonds. The molecule has 23 heavy (non-hydrogen) atoms. The topological polar surface area (TPSA) is 92.4 Å². The van der Waals surface area contributed by atoms with Crippen molar-refractivity contribution in [2.75, 3.05) is 6.54 Å². The molecule has 0 unspecified atom stereocenters. The number of amides is 1. The summed E-state index contributed by atoms with van der Waals surface area (Å²) in [6, 6.07) is 8.23. The number of aromatic nitrogens is 1. The molecule has 2 N–H and O–H groups in total. The minimum Gasteiger partial charge on any atom is -0.478 e. The standard InChI is InChI=1S/C17H20N2O4/c1-17(2,3)14-10-13(19-23-14)15(20)18-9-8-11-4-6-12(7-5-11)16(21)22/h4-7,10H,8-9H2,1-3H3,(H,18,20)(H,21,22). The molecule has 6 nitrogen and oxygen atoms in total. The third-order valence-corrected chi connectivity index (χ3v) is 3.38. The van der Waals surface area contributed by atoms with Crippen LogP contribution >= 0.6 is 0 Å². The van der Waals surface area contributed by atoms with Gasteiger partial charge in [-0.15, -0.1) is 0 Å². The first-order valence-electron chi connectivity index (χ1n) is 7.35. The molecular formula is C17H20N2O4. The summed E-state index contributed by atoms with van der Waals surface area (Å²) in [4.78, 5) is 22.8. The molecular weight excluding hydrogens is 296 g/mol. The Hall–Kier alpha value is -2.63. The van der Waals surface area contributed by atoms with E-state index in [2.05, 4.69) is 10.5 Å². The van der Waals surface area contributed by atoms with Crippen LogP contribution in [0.25, 0.3) is 0 Å². The van der Waals surface area contributed by atoms with Gasteiger partial charge in [-0.1, -0.05) is 38.1 Å². The molecule has 0 aliphatic rings. The lowest BCUT2D eigenvalue weighted by Gasteiger charge is -2.12. The molecule has 0 saturated carbocycles. The van der Waals surface area contributed by atoms with E-state index in [0.29, 0.717) is 18.7 Å². The predicted molar refractivity (Wildman–Crippen MR) is 84.6 cm³/mol. The van der Waals surface area contributed by atoms with Gasteiger partial charge in [-0.3, -0.25) is 4.79 Å². The van der Waals surface area contributed by atoms with Gasteiger partial charge >= 0.3 is 5.97 Å². The summed E-state index contributed by atoms with van der Waals surface area (Å²) in [5.41, 5.74) is 1.26. The number of hydrogen-bond donors (Lipinski definition) is 2. The van der Waals surface area contributed by atoms with E-state index in [4.69, 9.17) is 9.63 Å². The van der Waals surface area contributed by atoms with Gasteiger partial charge in [-0.05, 0) is 24.1 Å². The van der Waals surface area contributed by atoms with E-state index in [9.17, 15) is 9.59 Å². The van der Waals surface area contributed by atoms with Crippen LogP contribution in [0.1, 0.15) is 52.9 Å². The molecule has 0 aliphatic carbocycles. The minimum absolute atomic E-state index is 0.197. The minimum atomic E-state index is -0.953. The molecule has 0 fully saturated rings. The maximum absolute atomic E-state index is 12.0. The molecule has 0 atom stereocenters. The maximum Gasteiger partial charge on any atom is 0.335 e. The Morgan fingerprint density at radius 2 is 1.87 bits per heavy atom. The molecule has 0 radical (unpaired) electrons. The summed E-state index contributed by atoms with van der Waals surface area (Å²) in [5.74, 6) is -0.580. The predicted octanol–water partition coefficient (Wildman–Crippen LogP) is 2.64. The van der Waals surface area contributed by atoms with Crippen LogP contribution in [0, 0.1) is 0 Å². The number of nitrogens with zero attached hydrogens (tertiary/aromatic N) is 1. The molecule has 6 heteroatoms. The molecule has 2 aromatic rings. The smallest absolute Gasteiger partial charge is 0.335 e. The van der Waals surface area contributed by atoms with Gasteiger partial charge in [0.1, 0.15) is 5.76 Å². The van der Waals surface area contributed by atoms with Crippen LogP contribution in [0.3, 0.4) is 0 Å². The number of nitrogens with one attached hydrogen (secondary N) is 1. The Bertz CT molecular complexity index is 696. The number of carbonyl (C=O) groups excluding carboxylic acids is 1. The van der Waals surface area contributed by atoms with Crippen molar-refractivity contribution in [1.29, 1.82) is 0 Å². The van der Waals surface area contributed by atoms with Gasteiger partial charge < -0.3 is 14.9 Å². The largest absolute Gasteiger partial charge is 0.478 e. The van der Waals surface area contributed by atoms with Crippen LogP contribution in [0.4, 0.5) is 0 Å². The van der Waals surface area contributed by atoms with Gasteiger partial charge in [0, 0.05) is 18.0 Å². The van der Waals surface area contributed by atoms with Gasteiger partial charge in [0.05, 0.1) is 5.56 Å². The van der Waals surface area contributed by atoms with E-state index in [-0.39, 0.29) is 22.6 Å². The molecule has 0 spiro atoms. The van der Waals surface area contributed by atoms with E-state index >= 15 is 0 Å². The number of hydrogen-bond acceptors (Lipinski definition) is 4. The molecule has 1 heterocycles. The Balaban J connectivity index is 1.87. The fourth-order valence-electron chi connectivity index (χ4n) is 1.96. The van der Waals surface area contributed by atoms with E-state index in [0.717, 1.165) is 5.56 Å². The van der Waals surface area contributed by atoms with Crippen molar-refractivity contribution < 1.29 is 19.2 Å². The molecule has 1 aromatic carbocycles. The second-order valence-corrected chi connectivity index (χ2v) is 6.33. The second kappa shape index (κ2) is 6.64. The zero-order valence-electron chi connectivity index (χ0n) is 13.4. The molecule has 0 aliphatic heterocycles. The average Bonchev–Trinajstić information content (AvgIpc) is 2.97. The Morgan fingerprint density at radius 1 is 1.22 bits per heavy atom. The van der Waals surface area contributed by atoms with Crippen LogP contribution in [0.15, 0.2) is 34.9 Å². The number of carbonyl (C=O) groups is 2. The Labute approximate surface area is 134 Å². The quantitative estimate of drug-likeness (QED) is 0.884. The fraction of sp³-hybridized carbons (Fsp3) is 0.353. The first kappa shape index (κ1) is 16.7. The highest BCUT2D eigenvalue weighted by atomic mass is 16.5. The SMILES string of the molecule is CC(C)(C)c1cc(C(=O)NCCc2ccc(C(=O)O)cc2)no1. The first-order chi connectivity index (χ1) is 10.8. The lowest BCUT2D eigenvalue weighted by atomic mass is 9.93. The Kier molecular flexibility index (Phi) is 4.83. The zero-order chi connectivity index (χ0) is 17.0. The van der Waals surface area contributed by atoms with Gasteiger partial charge in [-0.25, -0.2) is 4.79 Å². The summed E-state index contributed by atoms with van der Waals surface area (Å²) < 4.78 is 5.18. The van der Waals surface area contributed by atoms with Crippen molar-refractivity contribution >= 4 is 11.9 Å². The molecule has 0 bridgehead atoms. The summed E-state index contributed by atoms with van der Waals surface area (Å²) in [6.07, 6.45) is 0.607. The highest BCUT2D eigenvalue weighted by molar-refractivity contribution is 5.92. The fourth-order valence-corrected chi connectivity index (χ4v) is 1.96. The Morgan fingerprint density at radius 3 is 2.39 bits per heavy atom. The van der Waals surface area contributed by atoms with Crippen molar-refractivity contribution in [2.45, 2.75) is 32.6 Å². The highest BCUT2D eigenvalue weighted by Crippen LogP contribution is 2.22. The zero-order valence-corrected chi connectivity index (χ0v) is 13.4. The van der Waals surface area contributed by atoms with Crippen LogP contribution in [-0.4, -0.2) is 28.7 Å². The summed E-state index contributed by atoms with van der Waals surface area (Å²) in [5, 5.41) is 15.4. The number of carboxylic acids is 1.